The molecule has 0 spiro atoms. The van der Waals surface area contributed by atoms with Crippen LogP contribution < -0.4 is 0 Å². The predicted octanol–water partition coefficient (Wildman–Crippen LogP) is 5.38. The van der Waals surface area contributed by atoms with Gasteiger partial charge in [-0.1, -0.05) is 24.3 Å². The summed E-state index contributed by atoms with van der Waals surface area (Å²) in [5.41, 5.74) is 4.96. The number of rotatable bonds is 3. The number of nitrogens with zero attached hydrogens (tertiary/aromatic N) is 2. The molecule has 1 aliphatic rings. The van der Waals surface area contributed by atoms with Crippen molar-refractivity contribution in [1.82, 2.24) is 9.47 Å². The topological polar surface area (TPSA) is 8.17 Å². The lowest BCUT2D eigenvalue weighted by Gasteiger charge is -2.31. The van der Waals surface area contributed by atoms with Crippen LogP contribution in [0.3, 0.4) is 0 Å². The first-order valence-electron chi connectivity index (χ1n) is 9.43. The first-order valence-corrected chi connectivity index (χ1v) is 9.43. The SMILES string of the molecule is Cc1ccc(C2c3cccn3CCCN2Cc2c(F)cccc2F)cc1C. The first-order chi connectivity index (χ1) is 13.0. The monoisotopic (exact) mass is 366 g/mol. The van der Waals surface area contributed by atoms with Gasteiger partial charge in [-0.3, -0.25) is 4.90 Å². The molecule has 0 aliphatic carbocycles. The maximum Gasteiger partial charge on any atom is 0.130 e. The van der Waals surface area contributed by atoms with E-state index in [9.17, 15) is 8.78 Å². The van der Waals surface area contributed by atoms with Crippen molar-refractivity contribution in [3.63, 3.8) is 0 Å². The Morgan fingerprint density at radius 1 is 0.926 bits per heavy atom. The molecule has 2 nitrogen and oxygen atoms in total. The molecule has 140 valence electrons. The molecule has 1 aromatic heterocycles. The van der Waals surface area contributed by atoms with Gasteiger partial charge in [-0.15, -0.1) is 0 Å². The molecule has 0 amide bonds. The average molecular weight is 366 g/mol. The van der Waals surface area contributed by atoms with Crippen LogP contribution in [-0.4, -0.2) is 16.0 Å². The van der Waals surface area contributed by atoms with Crippen LogP contribution in [0.4, 0.5) is 8.78 Å². The van der Waals surface area contributed by atoms with Crippen LogP contribution in [0.2, 0.25) is 0 Å². The van der Waals surface area contributed by atoms with Crippen LogP contribution in [0, 0.1) is 25.5 Å². The largest absolute Gasteiger partial charge is 0.350 e. The molecule has 2 heterocycles. The van der Waals surface area contributed by atoms with Crippen LogP contribution in [0.5, 0.6) is 0 Å². The lowest BCUT2D eigenvalue weighted by Crippen LogP contribution is -2.30. The van der Waals surface area contributed by atoms with Gasteiger partial charge in [0.05, 0.1) is 6.04 Å². The van der Waals surface area contributed by atoms with Crippen molar-refractivity contribution in [1.29, 1.82) is 0 Å². The number of fused-ring (bicyclic) bond motifs is 1. The Balaban J connectivity index is 1.79. The van der Waals surface area contributed by atoms with E-state index in [2.05, 4.69) is 59.8 Å². The zero-order valence-electron chi connectivity index (χ0n) is 15.8. The highest BCUT2D eigenvalue weighted by atomic mass is 19.1. The third-order valence-electron chi connectivity index (χ3n) is 5.62. The second-order valence-electron chi connectivity index (χ2n) is 7.40. The summed E-state index contributed by atoms with van der Waals surface area (Å²) in [5.74, 6) is -0.957. The summed E-state index contributed by atoms with van der Waals surface area (Å²) in [6, 6.07) is 14.7. The Morgan fingerprint density at radius 2 is 1.70 bits per heavy atom. The second kappa shape index (κ2) is 7.28. The van der Waals surface area contributed by atoms with E-state index in [0.29, 0.717) is 0 Å². The van der Waals surface area contributed by atoms with Crippen LogP contribution in [0.25, 0.3) is 0 Å². The van der Waals surface area contributed by atoms with Crippen molar-refractivity contribution in [3.05, 3.63) is 94.3 Å². The van der Waals surface area contributed by atoms with E-state index in [1.165, 1.54) is 35.0 Å². The third-order valence-corrected chi connectivity index (χ3v) is 5.62. The summed E-state index contributed by atoms with van der Waals surface area (Å²) < 4.78 is 30.9. The number of aromatic nitrogens is 1. The number of aryl methyl sites for hydroxylation is 3. The Kier molecular flexibility index (Phi) is 4.83. The van der Waals surface area contributed by atoms with Crippen molar-refractivity contribution in [2.24, 2.45) is 0 Å². The zero-order valence-corrected chi connectivity index (χ0v) is 15.8. The molecule has 0 saturated carbocycles. The number of halogens is 2. The normalized spacial score (nSPS) is 17.6. The second-order valence-corrected chi connectivity index (χ2v) is 7.40. The van der Waals surface area contributed by atoms with Gasteiger partial charge in [-0.05, 0) is 61.2 Å². The lowest BCUT2D eigenvalue weighted by atomic mass is 9.97. The van der Waals surface area contributed by atoms with E-state index in [0.717, 1.165) is 25.1 Å². The van der Waals surface area contributed by atoms with Gasteiger partial charge in [0.25, 0.3) is 0 Å². The van der Waals surface area contributed by atoms with Crippen molar-refractivity contribution in [2.75, 3.05) is 6.54 Å². The standard InChI is InChI=1S/C23H24F2N2/c1-16-9-10-18(14-17(16)2)23-22-8-4-11-26(22)12-5-13-27(23)15-19-20(24)6-3-7-21(19)25/h3-4,6-11,14,23H,5,12-13,15H2,1-2H3. The Morgan fingerprint density at radius 3 is 2.44 bits per heavy atom. The minimum Gasteiger partial charge on any atom is -0.350 e. The quantitative estimate of drug-likeness (QED) is 0.604. The first kappa shape index (κ1) is 17.9. The van der Waals surface area contributed by atoms with Gasteiger partial charge >= 0.3 is 0 Å². The maximum absolute atomic E-state index is 14.3. The zero-order chi connectivity index (χ0) is 19.0. The molecular weight excluding hydrogens is 342 g/mol. The van der Waals surface area contributed by atoms with Crippen molar-refractivity contribution in [3.8, 4) is 0 Å². The molecule has 0 bridgehead atoms. The predicted molar refractivity (Wildman–Crippen MR) is 104 cm³/mol. The van der Waals surface area contributed by atoms with E-state index in [4.69, 9.17) is 0 Å². The fourth-order valence-electron chi connectivity index (χ4n) is 4.01. The molecule has 1 aliphatic heterocycles. The van der Waals surface area contributed by atoms with Gasteiger partial charge < -0.3 is 4.57 Å². The van der Waals surface area contributed by atoms with Gasteiger partial charge in [0.2, 0.25) is 0 Å². The van der Waals surface area contributed by atoms with Gasteiger partial charge in [0.1, 0.15) is 11.6 Å². The van der Waals surface area contributed by atoms with Crippen molar-refractivity contribution < 1.29 is 8.78 Å². The third kappa shape index (κ3) is 3.42. The van der Waals surface area contributed by atoms with Gasteiger partial charge in [-0.2, -0.15) is 0 Å². The molecule has 0 N–H and O–H groups in total. The summed E-state index contributed by atoms with van der Waals surface area (Å²) in [7, 11) is 0. The maximum atomic E-state index is 14.3. The Labute approximate surface area is 159 Å². The van der Waals surface area contributed by atoms with Crippen LogP contribution >= 0.6 is 0 Å². The molecular formula is C23H24F2N2. The summed E-state index contributed by atoms with van der Waals surface area (Å²) in [5, 5.41) is 0. The molecule has 0 fully saturated rings. The molecule has 2 aromatic carbocycles. The van der Waals surface area contributed by atoms with E-state index >= 15 is 0 Å². The lowest BCUT2D eigenvalue weighted by molar-refractivity contribution is 0.214. The highest BCUT2D eigenvalue weighted by Crippen LogP contribution is 2.34. The highest BCUT2D eigenvalue weighted by molar-refractivity contribution is 5.36. The highest BCUT2D eigenvalue weighted by Gasteiger charge is 2.29. The summed E-state index contributed by atoms with van der Waals surface area (Å²) in [4.78, 5) is 2.20. The fourth-order valence-corrected chi connectivity index (χ4v) is 4.01. The van der Waals surface area contributed by atoms with E-state index in [1.54, 1.807) is 0 Å². The van der Waals surface area contributed by atoms with Crippen LogP contribution in [0.1, 0.15) is 40.4 Å². The molecule has 0 radical (unpaired) electrons. The van der Waals surface area contributed by atoms with E-state index in [-0.39, 0.29) is 18.2 Å². The van der Waals surface area contributed by atoms with Crippen LogP contribution in [-0.2, 0) is 13.1 Å². The number of benzene rings is 2. The molecule has 27 heavy (non-hydrogen) atoms. The minimum absolute atomic E-state index is 0.0270. The fraction of sp³-hybridized carbons (Fsp3) is 0.304. The van der Waals surface area contributed by atoms with Crippen LogP contribution in [0.15, 0.2) is 54.7 Å². The summed E-state index contributed by atoms with van der Waals surface area (Å²) >= 11 is 0. The molecule has 4 heteroatoms. The van der Waals surface area contributed by atoms with Crippen molar-refractivity contribution in [2.45, 2.75) is 39.4 Å². The molecule has 0 saturated heterocycles. The van der Waals surface area contributed by atoms with Gasteiger partial charge in [0, 0.05) is 37.1 Å². The van der Waals surface area contributed by atoms with Gasteiger partial charge in [0.15, 0.2) is 0 Å². The van der Waals surface area contributed by atoms with E-state index in [1.807, 2.05) is 0 Å². The number of hydrogen-bond acceptors (Lipinski definition) is 1. The Bertz CT molecular complexity index is 941. The smallest absolute Gasteiger partial charge is 0.130 e. The summed E-state index contributed by atoms with van der Waals surface area (Å²) in [6.45, 7) is 6.16. The average Bonchev–Trinajstić information content (AvgIpc) is 3.02. The molecule has 3 aromatic rings. The van der Waals surface area contributed by atoms with Gasteiger partial charge in [-0.25, -0.2) is 8.78 Å². The molecule has 1 atom stereocenters. The molecule has 1 unspecified atom stereocenters. The molecule has 4 rings (SSSR count). The van der Waals surface area contributed by atoms with Crippen molar-refractivity contribution >= 4 is 0 Å². The Hall–Kier alpha value is -2.46. The number of hydrogen-bond donors (Lipinski definition) is 0. The summed E-state index contributed by atoms with van der Waals surface area (Å²) in [6.07, 6.45) is 3.04. The minimum atomic E-state index is -0.478. The van der Waals surface area contributed by atoms with E-state index < -0.39 is 11.6 Å².